The highest BCUT2D eigenvalue weighted by molar-refractivity contribution is 7.12. The van der Waals surface area contributed by atoms with Crippen molar-refractivity contribution in [3.05, 3.63) is 81.8 Å². The van der Waals surface area contributed by atoms with Gasteiger partial charge in [0.25, 0.3) is 0 Å². The number of rotatable bonds is 5. The van der Waals surface area contributed by atoms with E-state index in [0.717, 1.165) is 17.5 Å². The molecule has 0 bridgehead atoms. The number of Topliss-reactive ketones (excluding diaryl/α,β-unsaturated/α-hetero) is 1. The monoisotopic (exact) mass is 402 g/mol. The smallest absolute Gasteiger partial charge is 0.351 e. The van der Waals surface area contributed by atoms with Crippen molar-refractivity contribution in [3.63, 3.8) is 0 Å². The number of hydrogen-bond acceptors (Lipinski definition) is 7. The molecule has 0 fully saturated rings. The summed E-state index contributed by atoms with van der Waals surface area (Å²) in [7, 11) is 0. The van der Waals surface area contributed by atoms with Crippen LogP contribution in [0.2, 0.25) is 0 Å². The number of carbonyl (C=O) groups is 2. The fourth-order valence-corrected chi connectivity index (χ4v) is 4.25. The van der Waals surface area contributed by atoms with E-state index in [4.69, 9.17) is 4.74 Å². The molecule has 0 aliphatic heterocycles. The van der Waals surface area contributed by atoms with Crippen molar-refractivity contribution in [2.45, 2.75) is 6.42 Å². The number of ketones is 1. The number of thiophene rings is 1. The number of benzene rings is 2. The molecule has 2 aromatic carbocycles. The molecule has 2 aromatic heterocycles. The van der Waals surface area contributed by atoms with Crippen molar-refractivity contribution < 1.29 is 14.3 Å². The molecular formula is C21H14N4O3S. The SMILES string of the molecule is O=C(COC(=O)c1sccc1-n1cnnn1)c1ccc2c(c1)-c1ccccc1C2. The lowest BCUT2D eigenvalue weighted by Gasteiger charge is -2.07. The fourth-order valence-electron chi connectivity index (χ4n) is 3.48. The fraction of sp³-hybridized carbons (Fsp3) is 0.0952. The Bertz CT molecular complexity index is 1230. The summed E-state index contributed by atoms with van der Waals surface area (Å²) in [5.41, 5.74) is 5.72. The summed E-state index contributed by atoms with van der Waals surface area (Å²) >= 11 is 1.21. The maximum atomic E-state index is 12.6. The van der Waals surface area contributed by atoms with Crippen molar-refractivity contribution in [1.29, 1.82) is 0 Å². The highest BCUT2D eigenvalue weighted by atomic mass is 32.1. The summed E-state index contributed by atoms with van der Waals surface area (Å²) in [4.78, 5) is 25.4. The number of carbonyl (C=O) groups excluding carboxylic acids is 2. The quantitative estimate of drug-likeness (QED) is 0.331. The molecule has 0 radical (unpaired) electrons. The largest absolute Gasteiger partial charge is 0.453 e. The minimum Gasteiger partial charge on any atom is -0.453 e. The maximum Gasteiger partial charge on any atom is 0.351 e. The number of aromatic nitrogens is 4. The van der Waals surface area contributed by atoms with Crippen LogP contribution in [0.3, 0.4) is 0 Å². The molecule has 8 heteroatoms. The molecule has 4 aromatic rings. The number of nitrogens with zero attached hydrogens (tertiary/aromatic N) is 4. The predicted molar refractivity (Wildman–Crippen MR) is 106 cm³/mol. The summed E-state index contributed by atoms with van der Waals surface area (Å²) in [6, 6.07) is 15.5. The molecule has 0 unspecified atom stereocenters. The van der Waals surface area contributed by atoms with Crippen molar-refractivity contribution in [3.8, 4) is 16.8 Å². The van der Waals surface area contributed by atoms with Gasteiger partial charge in [-0.05, 0) is 56.6 Å². The summed E-state index contributed by atoms with van der Waals surface area (Å²) < 4.78 is 6.65. The molecule has 5 rings (SSSR count). The predicted octanol–water partition coefficient (Wildman–Crippen LogP) is 3.33. The second kappa shape index (κ2) is 7.06. The van der Waals surface area contributed by atoms with Crippen molar-refractivity contribution in [2.24, 2.45) is 0 Å². The van der Waals surface area contributed by atoms with Gasteiger partial charge in [0, 0.05) is 5.56 Å². The van der Waals surface area contributed by atoms with Gasteiger partial charge in [0.2, 0.25) is 0 Å². The molecule has 2 heterocycles. The Morgan fingerprint density at radius 1 is 1.07 bits per heavy atom. The van der Waals surface area contributed by atoms with E-state index in [1.807, 2.05) is 24.3 Å². The van der Waals surface area contributed by atoms with Gasteiger partial charge in [-0.15, -0.1) is 16.4 Å². The minimum absolute atomic E-state index is 0.244. The Morgan fingerprint density at radius 2 is 1.93 bits per heavy atom. The van der Waals surface area contributed by atoms with Gasteiger partial charge in [0.15, 0.2) is 12.4 Å². The van der Waals surface area contributed by atoms with Crippen LogP contribution < -0.4 is 0 Å². The first-order chi connectivity index (χ1) is 14.2. The Balaban J connectivity index is 1.32. The Labute approximate surface area is 169 Å². The van der Waals surface area contributed by atoms with E-state index >= 15 is 0 Å². The lowest BCUT2D eigenvalue weighted by atomic mass is 10.0. The third-order valence-electron chi connectivity index (χ3n) is 4.88. The molecule has 0 N–H and O–H groups in total. The molecule has 1 aliphatic carbocycles. The summed E-state index contributed by atoms with van der Waals surface area (Å²) in [5, 5.41) is 12.7. The highest BCUT2D eigenvalue weighted by Crippen LogP contribution is 2.36. The molecule has 0 saturated heterocycles. The number of ether oxygens (including phenoxy) is 1. The van der Waals surface area contributed by atoms with E-state index < -0.39 is 5.97 Å². The highest BCUT2D eigenvalue weighted by Gasteiger charge is 2.21. The molecule has 7 nitrogen and oxygen atoms in total. The van der Waals surface area contributed by atoms with Gasteiger partial charge in [-0.3, -0.25) is 4.79 Å². The molecule has 29 heavy (non-hydrogen) atoms. The van der Waals surface area contributed by atoms with Crippen LogP contribution in [-0.2, 0) is 11.2 Å². The molecule has 142 valence electrons. The number of fused-ring (bicyclic) bond motifs is 3. The second-order valence-electron chi connectivity index (χ2n) is 6.59. The van der Waals surface area contributed by atoms with Crippen LogP contribution in [0.5, 0.6) is 0 Å². The average Bonchev–Trinajstić information content (AvgIpc) is 3.50. The number of esters is 1. The van der Waals surface area contributed by atoms with Crippen LogP contribution in [0, 0.1) is 0 Å². The Morgan fingerprint density at radius 3 is 2.79 bits per heavy atom. The lowest BCUT2D eigenvalue weighted by Crippen LogP contribution is -2.15. The topological polar surface area (TPSA) is 87.0 Å². The van der Waals surface area contributed by atoms with Crippen LogP contribution in [0.15, 0.2) is 60.2 Å². The number of tetrazole rings is 1. The third kappa shape index (κ3) is 3.13. The van der Waals surface area contributed by atoms with E-state index in [0.29, 0.717) is 16.1 Å². The first-order valence-electron chi connectivity index (χ1n) is 8.93. The third-order valence-corrected chi connectivity index (χ3v) is 5.76. The second-order valence-corrected chi connectivity index (χ2v) is 7.51. The van der Waals surface area contributed by atoms with Gasteiger partial charge in [-0.25, -0.2) is 4.79 Å². The van der Waals surface area contributed by atoms with Gasteiger partial charge >= 0.3 is 5.97 Å². The van der Waals surface area contributed by atoms with E-state index in [1.54, 1.807) is 17.5 Å². The maximum absolute atomic E-state index is 12.6. The molecule has 0 amide bonds. The van der Waals surface area contributed by atoms with Gasteiger partial charge in [-0.1, -0.05) is 36.4 Å². The van der Waals surface area contributed by atoms with Crippen molar-refractivity contribution in [1.82, 2.24) is 20.2 Å². The van der Waals surface area contributed by atoms with E-state index in [-0.39, 0.29) is 12.4 Å². The zero-order valence-electron chi connectivity index (χ0n) is 15.1. The van der Waals surface area contributed by atoms with Gasteiger partial charge in [0.1, 0.15) is 11.2 Å². The van der Waals surface area contributed by atoms with E-state index in [2.05, 4.69) is 27.7 Å². The molecule has 0 saturated carbocycles. The van der Waals surface area contributed by atoms with Crippen molar-refractivity contribution in [2.75, 3.05) is 6.61 Å². The van der Waals surface area contributed by atoms with Crippen LogP contribution in [0.25, 0.3) is 16.8 Å². The lowest BCUT2D eigenvalue weighted by molar-refractivity contribution is 0.0479. The first kappa shape index (κ1) is 17.4. The van der Waals surface area contributed by atoms with Crippen LogP contribution in [0.4, 0.5) is 0 Å². The van der Waals surface area contributed by atoms with E-state index in [9.17, 15) is 9.59 Å². The minimum atomic E-state index is -0.578. The van der Waals surface area contributed by atoms with Crippen LogP contribution >= 0.6 is 11.3 Å². The average molecular weight is 402 g/mol. The molecule has 0 spiro atoms. The Hall–Kier alpha value is -3.65. The van der Waals surface area contributed by atoms with Crippen molar-refractivity contribution >= 4 is 23.1 Å². The molecule has 1 aliphatic rings. The van der Waals surface area contributed by atoms with Gasteiger partial charge in [0.05, 0.1) is 5.69 Å². The molecule has 0 atom stereocenters. The summed E-state index contributed by atoms with van der Waals surface area (Å²) in [5.74, 6) is -0.823. The summed E-state index contributed by atoms with van der Waals surface area (Å²) in [6.45, 7) is -0.327. The zero-order chi connectivity index (χ0) is 19.8. The van der Waals surface area contributed by atoms with Crippen LogP contribution in [-0.4, -0.2) is 38.6 Å². The normalized spacial score (nSPS) is 11.7. The number of hydrogen-bond donors (Lipinski definition) is 0. The zero-order valence-corrected chi connectivity index (χ0v) is 15.9. The Kier molecular flexibility index (Phi) is 4.25. The standard InChI is InChI=1S/C21H14N4O3S/c26-19(11-28-21(27)20-18(7-8-29-20)25-12-22-23-24-25)15-6-5-14-9-13-3-1-2-4-16(13)17(14)10-15/h1-8,10,12H,9,11H2. The molecular weight excluding hydrogens is 388 g/mol. The first-order valence-corrected chi connectivity index (χ1v) is 9.81. The van der Waals surface area contributed by atoms with Crippen LogP contribution in [0.1, 0.15) is 31.2 Å². The van der Waals surface area contributed by atoms with Gasteiger partial charge in [-0.2, -0.15) is 4.68 Å². The van der Waals surface area contributed by atoms with Gasteiger partial charge < -0.3 is 4.74 Å². The summed E-state index contributed by atoms with van der Waals surface area (Å²) in [6.07, 6.45) is 2.26. The van der Waals surface area contributed by atoms with E-state index in [1.165, 1.54) is 33.5 Å².